The molecule has 53 heavy (non-hydrogen) atoms. The Labute approximate surface area is 386 Å². The van der Waals surface area contributed by atoms with Gasteiger partial charge in [-0.05, 0) is 12.8 Å². The van der Waals surface area contributed by atoms with Crippen molar-refractivity contribution < 1.29 is 150 Å². The molecule has 0 radical (unpaired) electrons. The van der Waals surface area contributed by atoms with E-state index in [2.05, 4.69) is 26.4 Å². The van der Waals surface area contributed by atoms with Gasteiger partial charge < -0.3 is 23.5 Å². The molecule has 0 unspecified atom stereocenters. The van der Waals surface area contributed by atoms with Crippen LogP contribution in [0.2, 0.25) is 0 Å². The zero-order valence-corrected chi connectivity index (χ0v) is 41.2. The first-order valence-electron chi connectivity index (χ1n) is 17.9. The molecule has 0 saturated heterocycles. The van der Waals surface area contributed by atoms with Crippen molar-refractivity contribution in [3.63, 3.8) is 0 Å². The van der Waals surface area contributed by atoms with Crippen LogP contribution < -0.4 is 88.7 Å². The zero-order valence-electron chi connectivity index (χ0n) is 32.8. The topological polar surface area (TPSA) is 240 Å². The average molecular weight is 849 g/mol. The molecule has 298 valence electrons. The van der Waals surface area contributed by atoms with Crippen molar-refractivity contribution in [2.45, 2.75) is 148 Å². The third-order valence-electron chi connectivity index (χ3n) is 8.02. The predicted octanol–water partition coefficient (Wildman–Crippen LogP) is -4.70. The number of nitrogens with zero attached hydrogens (tertiary/aromatic N) is 2. The predicted molar refractivity (Wildman–Crippen MR) is 183 cm³/mol. The van der Waals surface area contributed by atoms with Crippen molar-refractivity contribution in [1.82, 2.24) is 9.80 Å². The second-order valence-corrected chi connectivity index (χ2v) is 15.6. The second kappa shape index (κ2) is 36.6. The van der Waals surface area contributed by atoms with Gasteiger partial charge in [0.05, 0.1) is 13.1 Å². The fourth-order valence-corrected chi connectivity index (χ4v) is 6.37. The summed E-state index contributed by atoms with van der Waals surface area (Å²) in [5, 5.41) is 0. The summed E-state index contributed by atoms with van der Waals surface area (Å²) >= 11 is 0. The van der Waals surface area contributed by atoms with Crippen LogP contribution in [0.1, 0.15) is 142 Å². The van der Waals surface area contributed by atoms with Crippen LogP contribution in [0.5, 0.6) is 0 Å². The van der Waals surface area contributed by atoms with Gasteiger partial charge in [-0.25, -0.2) is 25.3 Å². The van der Waals surface area contributed by atoms with E-state index in [0.717, 1.165) is 86.8 Å². The van der Waals surface area contributed by atoms with E-state index in [1.165, 1.54) is 25.7 Å². The summed E-state index contributed by atoms with van der Waals surface area (Å²) in [6, 6.07) is 0. The maximum absolute atomic E-state index is 12.9. The molecular weight excluding hydrogens is 790 g/mol. The fourth-order valence-electron chi connectivity index (χ4n) is 5.42. The zero-order chi connectivity index (χ0) is 37.9. The van der Waals surface area contributed by atoms with E-state index in [1.54, 1.807) is 0 Å². The molecule has 0 spiro atoms. The minimum atomic E-state index is -5.41. The second-order valence-electron chi connectivity index (χ2n) is 12.5. The van der Waals surface area contributed by atoms with Gasteiger partial charge in [0.1, 0.15) is 19.3 Å². The Hall–Kier alpha value is 1.55. The van der Waals surface area contributed by atoms with Crippen molar-refractivity contribution >= 4 is 43.0 Å². The quantitative estimate of drug-likeness (QED) is 0.0256. The van der Waals surface area contributed by atoms with Crippen LogP contribution in [0.25, 0.3) is 0 Å². The van der Waals surface area contributed by atoms with Gasteiger partial charge in [-0.3, -0.25) is 22.1 Å². The van der Waals surface area contributed by atoms with Crippen molar-refractivity contribution in [2.75, 3.05) is 39.4 Å². The van der Waals surface area contributed by atoms with Crippen LogP contribution in [0, 0.1) is 0 Å². The monoisotopic (exact) mass is 848 g/mol. The largest absolute Gasteiger partial charge is 1.00 e. The fraction of sp³-hybridized carbons (Fsp3) is 0.935. The molecule has 0 N–H and O–H groups in total. The van der Waals surface area contributed by atoms with E-state index < -0.39 is 75.4 Å². The Morgan fingerprint density at radius 1 is 0.472 bits per heavy atom. The van der Waals surface area contributed by atoms with Crippen LogP contribution in [-0.2, 0) is 53.3 Å². The smallest absolute Gasteiger partial charge is 0.726 e. The Morgan fingerprint density at radius 3 is 0.981 bits per heavy atom. The first-order chi connectivity index (χ1) is 23.5. The van der Waals surface area contributed by atoms with Gasteiger partial charge >= 0.3 is 88.7 Å². The third-order valence-corrected chi connectivity index (χ3v) is 9.34. The van der Waals surface area contributed by atoms with Gasteiger partial charge in [0, 0.05) is 13.1 Å². The SMILES string of the molecule is CCCCCCCCCCCCN(CC(CN(CCCCCCCCCCCC)C(=O)COS(=O)(=O)[O-])OS(=O)(=O)[O-])C(=O)COS(=O)(=O)[O-].[Na+].[Na+].[Na+]. The molecule has 16 nitrogen and oxygen atoms in total. The van der Waals surface area contributed by atoms with Crippen LogP contribution >= 0.6 is 0 Å². The van der Waals surface area contributed by atoms with Crippen LogP contribution in [0.15, 0.2) is 0 Å². The molecule has 0 fully saturated rings. The summed E-state index contributed by atoms with van der Waals surface area (Å²) in [5.41, 5.74) is 0. The van der Waals surface area contributed by atoms with Gasteiger partial charge in [-0.15, -0.1) is 0 Å². The van der Waals surface area contributed by atoms with E-state index >= 15 is 0 Å². The average Bonchev–Trinajstić information content (AvgIpc) is 3.01. The van der Waals surface area contributed by atoms with E-state index in [0.29, 0.717) is 25.7 Å². The third kappa shape index (κ3) is 41.5. The molecule has 0 rings (SSSR count). The molecule has 22 heteroatoms. The Kier molecular flexibility index (Phi) is 42.3. The molecule has 0 heterocycles. The summed E-state index contributed by atoms with van der Waals surface area (Å²) in [4.78, 5) is 27.8. The van der Waals surface area contributed by atoms with Crippen molar-refractivity contribution in [3.05, 3.63) is 0 Å². The van der Waals surface area contributed by atoms with Crippen LogP contribution in [0.3, 0.4) is 0 Å². The molecule has 0 atom stereocenters. The number of unbranched alkanes of at least 4 members (excludes halogenated alkanes) is 18. The van der Waals surface area contributed by atoms with Crippen molar-refractivity contribution in [3.8, 4) is 0 Å². The van der Waals surface area contributed by atoms with Crippen LogP contribution in [-0.4, -0.2) is 106 Å². The minimum Gasteiger partial charge on any atom is -0.726 e. The Bertz CT molecular complexity index is 1170. The number of hydrogen-bond acceptors (Lipinski definition) is 14. The Balaban J connectivity index is -0.00000400. The summed E-state index contributed by atoms with van der Waals surface area (Å²) in [5.74, 6) is -2.02. The molecule has 0 saturated carbocycles. The number of hydrogen-bond donors (Lipinski definition) is 0. The van der Waals surface area contributed by atoms with E-state index in [1.807, 2.05) is 0 Å². The normalized spacial score (nSPS) is 11.7. The van der Waals surface area contributed by atoms with Gasteiger partial charge in [0.15, 0.2) is 0 Å². The first kappa shape index (κ1) is 61.2. The Morgan fingerprint density at radius 2 is 0.736 bits per heavy atom. The number of carbonyl (C=O) groups is 2. The van der Waals surface area contributed by atoms with Gasteiger partial charge in [-0.2, -0.15) is 0 Å². The molecular formula is C31H59N2Na3O14S3. The summed E-state index contributed by atoms with van der Waals surface area (Å²) < 4.78 is 114. The first-order valence-corrected chi connectivity index (χ1v) is 21.9. The van der Waals surface area contributed by atoms with Crippen LogP contribution in [0.4, 0.5) is 0 Å². The molecule has 2 amide bonds. The summed E-state index contributed by atoms with van der Waals surface area (Å²) in [6.45, 7) is 0.589. The maximum Gasteiger partial charge on any atom is 1.00 e. The summed E-state index contributed by atoms with van der Waals surface area (Å²) in [6.07, 6.45) is 17.7. The minimum absolute atomic E-state index is 0. The van der Waals surface area contributed by atoms with Crippen molar-refractivity contribution in [2.24, 2.45) is 0 Å². The van der Waals surface area contributed by atoms with E-state index in [9.17, 15) is 48.5 Å². The maximum atomic E-state index is 12.9. The molecule has 0 aliphatic heterocycles. The number of carbonyl (C=O) groups excluding carboxylic acids is 2. The molecule has 0 aromatic heterocycles. The van der Waals surface area contributed by atoms with Gasteiger partial charge in [0.2, 0.25) is 43.0 Å². The molecule has 0 bridgehead atoms. The van der Waals surface area contributed by atoms with E-state index in [-0.39, 0.29) is 102 Å². The number of amides is 2. The molecule has 0 aliphatic rings. The molecule has 0 aromatic rings. The summed E-state index contributed by atoms with van der Waals surface area (Å²) in [7, 11) is -15.9. The van der Waals surface area contributed by atoms with Crippen molar-refractivity contribution in [1.29, 1.82) is 0 Å². The standard InChI is InChI=1S/C31H62N2O14S3.3Na/c1-3-5-7-9-11-13-15-17-19-21-23-32(30(34)27-45-48(36,37)38)25-29(47-50(42,43)44)26-33(31(35)28-46-49(39,40)41)24-22-20-18-16-14-12-10-8-6-4-2;;;/h29H,3-28H2,1-2H3,(H,36,37,38)(H,39,40,41)(H,42,43,44);;;/q;3*+1/p-3. The van der Waals surface area contributed by atoms with Gasteiger partial charge in [-0.1, -0.05) is 129 Å². The van der Waals surface area contributed by atoms with E-state index in [4.69, 9.17) is 0 Å². The molecule has 0 aliphatic carbocycles. The van der Waals surface area contributed by atoms with Gasteiger partial charge in [0.25, 0.3) is 0 Å². The number of rotatable bonds is 34. The molecule has 0 aromatic carbocycles.